The molecule has 1 N–H and O–H groups in total. The second kappa shape index (κ2) is 8.48. The van der Waals surface area contributed by atoms with Crippen LogP contribution in [0, 0.1) is 17.8 Å². The van der Waals surface area contributed by atoms with Crippen molar-refractivity contribution >= 4 is 5.97 Å². The molecular weight excluding hydrogens is 304 g/mol. The van der Waals surface area contributed by atoms with Crippen molar-refractivity contribution in [1.29, 1.82) is 0 Å². The van der Waals surface area contributed by atoms with Gasteiger partial charge in [0.05, 0.1) is 18.6 Å². The van der Waals surface area contributed by atoms with Crippen LogP contribution in [0.15, 0.2) is 12.2 Å². The van der Waals surface area contributed by atoms with Crippen molar-refractivity contribution in [2.45, 2.75) is 83.0 Å². The molecule has 0 aromatic carbocycles. The molecule has 6 atom stereocenters. The van der Waals surface area contributed by atoms with E-state index in [-0.39, 0.29) is 30.2 Å². The van der Waals surface area contributed by atoms with Gasteiger partial charge in [0, 0.05) is 12.5 Å². The van der Waals surface area contributed by atoms with Crippen LogP contribution in [0.4, 0.5) is 0 Å². The number of allylic oxidation sites excluding steroid dienone is 1. The zero-order valence-corrected chi connectivity index (χ0v) is 14.9. The predicted octanol–water partition coefficient (Wildman–Crippen LogP) is 3.62. The molecular formula is C20H32O4. The van der Waals surface area contributed by atoms with Crippen LogP contribution >= 0.6 is 0 Å². The molecule has 3 fully saturated rings. The monoisotopic (exact) mass is 336 g/mol. The number of esters is 1. The third kappa shape index (κ3) is 4.20. The normalized spacial score (nSPS) is 37.6. The number of aliphatic hydroxyl groups excluding tert-OH is 1. The Kier molecular flexibility index (Phi) is 6.34. The molecule has 0 bridgehead atoms. The molecule has 0 aromatic rings. The maximum Gasteiger partial charge on any atom is 0.306 e. The average Bonchev–Trinajstić information content (AvgIpc) is 3.10. The first-order chi connectivity index (χ1) is 11.7. The zero-order valence-electron chi connectivity index (χ0n) is 14.9. The SMILES string of the molecule is CCCCC[C@@H](O)C=C[C@@H]1[C@@H]2CC(=O)O[C@@H]2C[C@H]1C1CCCCO1. The highest BCUT2D eigenvalue weighted by atomic mass is 16.6. The van der Waals surface area contributed by atoms with E-state index in [1.165, 1.54) is 19.3 Å². The molecule has 0 spiro atoms. The van der Waals surface area contributed by atoms with Crippen LogP contribution in [0.1, 0.15) is 64.7 Å². The van der Waals surface area contributed by atoms with Gasteiger partial charge in [-0.1, -0.05) is 38.3 Å². The number of unbranched alkanes of at least 4 members (excludes halogenated alkanes) is 2. The van der Waals surface area contributed by atoms with Crippen molar-refractivity contribution in [3.63, 3.8) is 0 Å². The molecule has 2 heterocycles. The fourth-order valence-electron chi connectivity index (χ4n) is 4.72. The van der Waals surface area contributed by atoms with E-state index in [4.69, 9.17) is 9.47 Å². The summed E-state index contributed by atoms with van der Waals surface area (Å²) in [5, 5.41) is 10.2. The minimum absolute atomic E-state index is 0.0555. The van der Waals surface area contributed by atoms with E-state index < -0.39 is 0 Å². The number of aliphatic hydroxyl groups is 1. The zero-order chi connectivity index (χ0) is 16.9. The van der Waals surface area contributed by atoms with Crippen LogP contribution in [0.25, 0.3) is 0 Å². The highest BCUT2D eigenvalue weighted by Gasteiger charge is 2.51. The maximum atomic E-state index is 11.7. The largest absolute Gasteiger partial charge is 0.462 e. The van der Waals surface area contributed by atoms with Crippen molar-refractivity contribution in [2.75, 3.05) is 6.61 Å². The average molecular weight is 336 g/mol. The van der Waals surface area contributed by atoms with Crippen LogP contribution < -0.4 is 0 Å². The van der Waals surface area contributed by atoms with Gasteiger partial charge in [0.2, 0.25) is 0 Å². The molecule has 24 heavy (non-hydrogen) atoms. The van der Waals surface area contributed by atoms with E-state index in [0.717, 1.165) is 38.7 Å². The minimum atomic E-state index is -0.374. The van der Waals surface area contributed by atoms with Crippen LogP contribution in [-0.4, -0.2) is 36.0 Å². The topological polar surface area (TPSA) is 55.8 Å². The van der Waals surface area contributed by atoms with E-state index in [2.05, 4.69) is 13.0 Å². The summed E-state index contributed by atoms with van der Waals surface area (Å²) in [7, 11) is 0. The first-order valence-corrected chi connectivity index (χ1v) is 9.86. The molecule has 3 aliphatic rings. The van der Waals surface area contributed by atoms with Crippen LogP contribution in [0.2, 0.25) is 0 Å². The summed E-state index contributed by atoms with van der Waals surface area (Å²) in [6.45, 7) is 3.03. The van der Waals surface area contributed by atoms with Crippen molar-refractivity contribution in [1.82, 2.24) is 0 Å². The highest BCUT2D eigenvalue weighted by Crippen LogP contribution is 2.48. The van der Waals surface area contributed by atoms with Crippen molar-refractivity contribution in [3.8, 4) is 0 Å². The third-order valence-electron chi connectivity index (χ3n) is 6.01. The summed E-state index contributed by atoms with van der Waals surface area (Å²) < 4.78 is 11.6. The van der Waals surface area contributed by atoms with Crippen LogP contribution in [0.5, 0.6) is 0 Å². The second-order valence-corrected chi connectivity index (χ2v) is 7.73. The Bertz CT molecular complexity index is 441. The van der Waals surface area contributed by atoms with E-state index in [1.54, 1.807) is 0 Å². The lowest BCUT2D eigenvalue weighted by atomic mass is 9.82. The highest BCUT2D eigenvalue weighted by molar-refractivity contribution is 5.72. The summed E-state index contributed by atoms with van der Waals surface area (Å²) in [6.07, 6.45) is 13.3. The van der Waals surface area contributed by atoms with Gasteiger partial charge < -0.3 is 14.6 Å². The minimum Gasteiger partial charge on any atom is -0.462 e. The Morgan fingerprint density at radius 2 is 2.12 bits per heavy atom. The Hall–Kier alpha value is -0.870. The molecule has 4 nitrogen and oxygen atoms in total. The van der Waals surface area contributed by atoms with Gasteiger partial charge in [-0.25, -0.2) is 0 Å². The van der Waals surface area contributed by atoms with E-state index in [1.807, 2.05) is 6.08 Å². The van der Waals surface area contributed by atoms with E-state index >= 15 is 0 Å². The smallest absolute Gasteiger partial charge is 0.306 e. The number of hydrogen-bond donors (Lipinski definition) is 1. The van der Waals surface area contributed by atoms with Crippen LogP contribution in [0.3, 0.4) is 0 Å². The molecule has 1 aliphatic carbocycles. The molecule has 0 aromatic heterocycles. The maximum absolute atomic E-state index is 11.7. The summed E-state index contributed by atoms with van der Waals surface area (Å²) in [6, 6.07) is 0. The number of carbonyl (C=O) groups is 1. The molecule has 1 unspecified atom stereocenters. The van der Waals surface area contributed by atoms with Gasteiger partial charge in [0.1, 0.15) is 6.10 Å². The van der Waals surface area contributed by atoms with E-state index in [0.29, 0.717) is 18.3 Å². The van der Waals surface area contributed by atoms with Gasteiger partial charge in [0.25, 0.3) is 0 Å². The van der Waals surface area contributed by atoms with Crippen LogP contribution in [-0.2, 0) is 14.3 Å². The van der Waals surface area contributed by atoms with Gasteiger partial charge in [-0.2, -0.15) is 0 Å². The lowest BCUT2D eigenvalue weighted by Crippen LogP contribution is -2.31. The van der Waals surface area contributed by atoms with Crippen molar-refractivity contribution in [2.24, 2.45) is 17.8 Å². The lowest BCUT2D eigenvalue weighted by molar-refractivity contribution is -0.142. The summed E-state index contributed by atoms with van der Waals surface area (Å²) in [5.41, 5.74) is 0. The lowest BCUT2D eigenvalue weighted by Gasteiger charge is -2.31. The van der Waals surface area contributed by atoms with Gasteiger partial charge in [0.15, 0.2) is 0 Å². The summed E-state index contributed by atoms with van der Waals surface area (Å²) in [4.78, 5) is 11.7. The Balaban J connectivity index is 1.64. The van der Waals surface area contributed by atoms with Gasteiger partial charge >= 0.3 is 5.97 Å². The molecule has 2 aliphatic heterocycles. The Morgan fingerprint density at radius 3 is 2.88 bits per heavy atom. The molecule has 0 amide bonds. The fourth-order valence-corrected chi connectivity index (χ4v) is 4.72. The number of ether oxygens (including phenoxy) is 2. The first-order valence-electron chi connectivity index (χ1n) is 9.86. The van der Waals surface area contributed by atoms with Gasteiger partial charge in [-0.15, -0.1) is 0 Å². The molecule has 136 valence electrons. The van der Waals surface area contributed by atoms with Crippen molar-refractivity contribution in [3.05, 3.63) is 12.2 Å². The molecule has 0 radical (unpaired) electrons. The second-order valence-electron chi connectivity index (χ2n) is 7.73. The molecule has 2 saturated heterocycles. The number of fused-ring (bicyclic) bond motifs is 1. The van der Waals surface area contributed by atoms with Gasteiger partial charge in [-0.3, -0.25) is 4.79 Å². The fraction of sp³-hybridized carbons (Fsp3) is 0.850. The predicted molar refractivity (Wildman–Crippen MR) is 92.5 cm³/mol. The molecule has 4 heteroatoms. The summed E-state index contributed by atoms with van der Waals surface area (Å²) in [5.74, 6) is 0.930. The molecule has 3 rings (SSSR count). The van der Waals surface area contributed by atoms with E-state index in [9.17, 15) is 9.90 Å². The Labute approximate surface area is 145 Å². The third-order valence-corrected chi connectivity index (χ3v) is 6.01. The Morgan fingerprint density at radius 1 is 1.25 bits per heavy atom. The molecule has 1 saturated carbocycles. The first kappa shape index (κ1) is 17.9. The number of rotatable bonds is 7. The quantitative estimate of drug-likeness (QED) is 0.438. The summed E-state index contributed by atoms with van der Waals surface area (Å²) >= 11 is 0. The number of hydrogen-bond acceptors (Lipinski definition) is 4. The van der Waals surface area contributed by atoms with Crippen molar-refractivity contribution < 1.29 is 19.4 Å². The standard InChI is InChI=1S/C20H32O4/c1-2-3-4-7-14(21)9-10-15-16(18-8-5-6-11-23-18)12-19-17(15)13-20(22)24-19/h9-10,14-19,21H,2-8,11-13H2,1H3/t14-,15+,16-,17+,18?,19-/m1/s1. The van der Waals surface area contributed by atoms with Gasteiger partial charge in [-0.05, 0) is 43.9 Å². The number of carbonyl (C=O) groups excluding carboxylic acids is 1.